The monoisotopic (exact) mass is 249 g/mol. The highest BCUT2D eigenvalue weighted by atomic mass is 16.5. The molecule has 1 unspecified atom stereocenters. The first-order valence-electron chi connectivity index (χ1n) is 6.66. The normalized spacial score (nSPS) is 20.1. The van der Waals surface area contributed by atoms with E-state index in [0.29, 0.717) is 0 Å². The molecule has 0 aromatic carbocycles. The fourth-order valence-corrected chi connectivity index (χ4v) is 2.60. The minimum Gasteiger partial charge on any atom is -0.481 e. The van der Waals surface area contributed by atoms with Gasteiger partial charge in [-0.2, -0.15) is 0 Å². The van der Waals surface area contributed by atoms with E-state index in [-0.39, 0.29) is 0 Å². The number of pyridine rings is 1. The third-order valence-corrected chi connectivity index (χ3v) is 3.45. The molecule has 0 aliphatic carbocycles. The fraction of sp³-hybridized carbons (Fsp3) is 0.643. The molecule has 100 valence electrons. The van der Waals surface area contributed by atoms with E-state index < -0.39 is 0 Å². The van der Waals surface area contributed by atoms with Crippen LogP contribution in [0.1, 0.15) is 18.4 Å². The zero-order valence-corrected chi connectivity index (χ0v) is 11.4. The fourth-order valence-electron chi connectivity index (χ4n) is 2.60. The molecular formula is C14H23N3O. The molecule has 2 heterocycles. The lowest BCUT2D eigenvalue weighted by Crippen LogP contribution is -2.36. The van der Waals surface area contributed by atoms with E-state index in [1.807, 2.05) is 6.07 Å². The van der Waals surface area contributed by atoms with Crippen molar-refractivity contribution in [3.05, 3.63) is 23.9 Å². The van der Waals surface area contributed by atoms with E-state index >= 15 is 0 Å². The highest BCUT2D eigenvalue weighted by Crippen LogP contribution is 2.17. The van der Waals surface area contributed by atoms with Crippen molar-refractivity contribution in [1.82, 2.24) is 15.2 Å². The number of piperidine rings is 1. The van der Waals surface area contributed by atoms with Crippen LogP contribution in [0.15, 0.2) is 18.3 Å². The molecule has 2 rings (SSSR count). The van der Waals surface area contributed by atoms with Gasteiger partial charge in [0.05, 0.1) is 7.11 Å². The maximum Gasteiger partial charge on any atom is 0.217 e. The lowest BCUT2D eigenvalue weighted by atomic mass is 9.99. The Kier molecular flexibility index (Phi) is 4.96. The molecule has 1 aliphatic heterocycles. The van der Waals surface area contributed by atoms with E-state index in [1.165, 1.54) is 19.4 Å². The summed E-state index contributed by atoms with van der Waals surface area (Å²) in [6.07, 6.45) is 4.41. The Morgan fingerprint density at radius 3 is 3.17 bits per heavy atom. The maximum atomic E-state index is 5.29. The van der Waals surface area contributed by atoms with Gasteiger partial charge in [0.1, 0.15) is 0 Å². The second kappa shape index (κ2) is 6.71. The summed E-state index contributed by atoms with van der Waals surface area (Å²) < 4.78 is 5.29. The molecule has 1 fully saturated rings. The van der Waals surface area contributed by atoms with Gasteiger partial charge in [-0.1, -0.05) is 6.07 Å². The molecule has 1 aromatic rings. The van der Waals surface area contributed by atoms with Gasteiger partial charge in [0.2, 0.25) is 5.88 Å². The number of rotatable bonds is 5. The average molecular weight is 249 g/mol. The minimum atomic E-state index is 0.742. The molecule has 1 aromatic heterocycles. The number of ether oxygens (including phenoxy) is 1. The summed E-state index contributed by atoms with van der Waals surface area (Å²) in [7, 11) is 3.85. The van der Waals surface area contributed by atoms with Gasteiger partial charge in [0.15, 0.2) is 0 Å². The van der Waals surface area contributed by atoms with Crippen molar-refractivity contribution in [2.45, 2.75) is 19.4 Å². The topological polar surface area (TPSA) is 37.4 Å². The summed E-state index contributed by atoms with van der Waals surface area (Å²) in [5, 5.41) is 3.46. The maximum absolute atomic E-state index is 5.29. The molecule has 0 bridgehead atoms. The van der Waals surface area contributed by atoms with Crippen LogP contribution < -0.4 is 10.1 Å². The first-order chi connectivity index (χ1) is 8.79. The molecule has 4 heteroatoms. The van der Waals surface area contributed by atoms with Crippen LogP contribution in [0.2, 0.25) is 0 Å². The van der Waals surface area contributed by atoms with Crippen molar-refractivity contribution >= 4 is 0 Å². The van der Waals surface area contributed by atoms with Gasteiger partial charge in [0.25, 0.3) is 0 Å². The average Bonchev–Trinajstić information content (AvgIpc) is 2.40. The predicted molar refractivity (Wildman–Crippen MR) is 72.7 cm³/mol. The van der Waals surface area contributed by atoms with E-state index in [4.69, 9.17) is 4.74 Å². The molecule has 4 nitrogen and oxygen atoms in total. The van der Waals surface area contributed by atoms with Gasteiger partial charge < -0.3 is 15.0 Å². The van der Waals surface area contributed by atoms with Crippen molar-refractivity contribution in [3.63, 3.8) is 0 Å². The van der Waals surface area contributed by atoms with Crippen molar-refractivity contribution in [2.75, 3.05) is 33.8 Å². The number of nitrogens with zero attached hydrogens (tertiary/aromatic N) is 2. The molecular weight excluding hydrogens is 226 g/mol. The SMILES string of the molecule is COc1ncccc1CN(C)CC1CCCNC1. The zero-order chi connectivity index (χ0) is 12.8. The second-order valence-electron chi connectivity index (χ2n) is 5.08. The van der Waals surface area contributed by atoms with Crippen LogP contribution in [0.3, 0.4) is 0 Å². The van der Waals surface area contributed by atoms with Crippen LogP contribution in [0.25, 0.3) is 0 Å². The van der Waals surface area contributed by atoms with E-state index in [0.717, 1.165) is 37.0 Å². The Morgan fingerprint density at radius 2 is 2.44 bits per heavy atom. The highest BCUT2D eigenvalue weighted by molar-refractivity contribution is 5.25. The summed E-state index contributed by atoms with van der Waals surface area (Å²) in [5.74, 6) is 1.51. The van der Waals surface area contributed by atoms with Gasteiger partial charge in [-0.3, -0.25) is 0 Å². The van der Waals surface area contributed by atoms with Crippen LogP contribution in [-0.4, -0.2) is 43.7 Å². The molecule has 1 saturated heterocycles. The van der Waals surface area contributed by atoms with Crippen LogP contribution >= 0.6 is 0 Å². The molecule has 1 aliphatic rings. The molecule has 18 heavy (non-hydrogen) atoms. The zero-order valence-electron chi connectivity index (χ0n) is 11.4. The Bertz CT molecular complexity index is 364. The van der Waals surface area contributed by atoms with Crippen LogP contribution in [0.4, 0.5) is 0 Å². The molecule has 0 saturated carbocycles. The van der Waals surface area contributed by atoms with E-state index in [2.05, 4.69) is 28.3 Å². The third-order valence-electron chi connectivity index (χ3n) is 3.45. The summed E-state index contributed by atoms with van der Waals surface area (Å²) in [5.41, 5.74) is 1.16. The lowest BCUT2D eigenvalue weighted by Gasteiger charge is -2.27. The summed E-state index contributed by atoms with van der Waals surface area (Å²) in [6, 6.07) is 4.05. The first kappa shape index (κ1) is 13.3. The second-order valence-corrected chi connectivity index (χ2v) is 5.08. The highest BCUT2D eigenvalue weighted by Gasteiger charge is 2.16. The van der Waals surface area contributed by atoms with Crippen LogP contribution in [0, 0.1) is 5.92 Å². The smallest absolute Gasteiger partial charge is 0.217 e. The number of hydrogen-bond donors (Lipinski definition) is 1. The standard InChI is InChI=1S/C14H23N3O/c1-17(10-12-5-3-7-15-9-12)11-13-6-4-8-16-14(13)18-2/h4,6,8,12,15H,3,5,7,9-11H2,1-2H3. The molecule has 1 N–H and O–H groups in total. The van der Waals surface area contributed by atoms with Crippen LogP contribution in [-0.2, 0) is 6.54 Å². The number of methoxy groups -OCH3 is 1. The van der Waals surface area contributed by atoms with Gasteiger partial charge in [0, 0.05) is 24.8 Å². The number of aromatic nitrogens is 1. The molecule has 1 atom stereocenters. The van der Waals surface area contributed by atoms with Gasteiger partial charge >= 0.3 is 0 Å². The molecule has 0 amide bonds. The van der Waals surface area contributed by atoms with Crippen molar-refractivity contribution < 1.29 is 4.74 Å². The summed E-state index contributed by atoms with van der Waals surface area (Å²) >= 11 is 0. The van der Waals surface area contributed by atoms with Gasteiger partial charge in [-0.25, -0.2) is 4.98 Å². The number of nitrogens with one attached hydrogen (secondary N) is 1. The Labute approximate surface area is 109 Å². The lowest BCUT2D eigenvalue weighted by molar-refractivity contribution is 0.234. The molecule has 0 spiro atoms. The number of hydrogen-bond acceptors (Lipinski definition) is 4. The summed E-state index contributed by atoms with van der Waals surface area (Å²) in [4.78, 5) is 6.59. The summed E-state index contributed by atoms with van der Waals surface area (Å²) in [6.45, 7) is 4.35. The third kappa shape index (κ3) is 3.68. The Balaban J connectivity index is 1.87. The quantitative estimate of drug-likeness (QED) is 0.858. The first-order valence-corrected chi connectivity index (χ1v) is 6.66. The van der Waals surface area contributed by atoms with Crippen molar-refractivity contribution in [2.24, 2.45) is 5.92 Å². The van der Waals surface area contributed by atoms with Gasteiger partial charge in [-0.15, -0.1) is 0 Å². The van der Waals surface area contributed by atoms with Crippen LogP contribution in [0.5, 0.6) is 5.88 Å². The van der Waals surface area contributed by atoms with Gasteiger partial charge in [-0.05, 0) is 45.0 Å². The van der Waals surface area contributed by atoms with E-state index in [1.54, 1.807) is 13.3 Å². The van der Waals surface area contributed by atoms with Crippen molar-refractivity contribution in [3.8, 4) is 5.88 Å². The Hall–Kier alpha value is -1.13. The van der Waals surface area contributed by atoms with E-state index in [9.17, 15) is 0 Å². The Morgan fingerprint density at radius 1 is 1.56 bits per heavy atom. The minimum absolute atomic E-state index is 0.742. The predicted octanol–water partition coefficient (Wildman–Crippen LogP) is 1.52. The van der Waals surface area contributed by atoms with Crippen molar-refractivity contribution in [1.29, 1.82) is 0 Å². The largest absolute Gasteiger partial charge is 0.481 e. The molecule has 0 radical (unpaired) electrons.